The van der Waals surface area contributed by atoms with E-state index in [1.807, 2.05) is 48.5 Å². The average Bonchev–Trinajstić information content (AvgIpc) is 3.08. The molecule has 0 unspecified atom stereocenters. The van der Waals surface area contributed by atoms with E-state index in [9.17, 15) is 4.79 Å². The number of H-pyrrole nitrogens is 1. The number of aromatic nitrogens is 1. The van der Waals surface area contributed by atoms with E-state index in [0.29, 0.717) is 12.3 Å². The Hall–Kier alpha value is -3.27. The molecule has 0 saturated carbocycles. The monoisotopic (exact) mass is 358 g/mol. The number of hydrogen-bond donors (Lipinski definition) is 2. The summed E-state index contributed by atoms with van der Waals surface area (Å²) in [5.41, 5.74) is 3.40. The van der Waals surface area contributed by atoms with E-state index in [1.165, 1.54) is 10.9 Å². The van der Waals surface area contributed by atoms with Crippen molar-refractivity contribution in [1.29, 1.82) is 0 Å². The van der Waals surface area contributed by atoms with E-state index in [4.69, 9.17) is 4.74 Å². The Kier molecular flexibility index (Phi) is 5.06. The summed E-state index contributed by atoms with van der Waals surface area (Å²) in [7, 11) is 0. The molecule has 27 heavy (non-hydrogen) atoms. The van der Waals surface area contributed by atoms with Crippen LogP contribution in [0.5, 0.6) is 5.75 Å². The number of ether oxygens (including phenoxy) is 1. The smallest absolute Gasteiger partial charge is 0.257 e. The second-order valence-electron chi connectivity index (χ2n) is 6.61. The summed E-state index contributed by atoms with van der Waals surface area (Å²) in [5.74, 6) is 0.591. The second-order valence-corrected chi connectivity index (χ2v) is 6.61. The average molecular weight is 358 g/mol. The number of benzene rings is 3. The number of carbonyl (C=O) groups is 1. The summed E-state index contributed by atoms with van der Waals surface area (Å²) < 4.78 is 5.66. The molecule has 4 heteroatoms. The van der Waals surface area contributed by atoms with E-state index < -0.39 is 0 Å². The largest absolute Gasteiger partial charge is 0.484 e. The Morgan fingerprint density at radius 3 is 2.56 bits per heavy atom. The van der Waals surface area contributed by atoms with Crippen LogP contribution in [-0.4, -0.2) is 24.0 Å². The molecular weight excluding hydrogens is 336 g/mol. The van der Waals surface area contributed by atoms with Gasteiger partial charge in [0.05, 0.1) is 5.52 Å². The van der Waals surface area contributed by atoms with Crippen LogP contribution in [0.15, 0.2) is 72.8 Å². The van der Waals surface area contributed by atoms with E-state index in [2.05, 4.69) is 34.6 Å². The molecule has 4 aromatic rings. The molecule has 0 atom stereocenters. The Balaban J connectivity index is 1.28. The molecular formula is C23H22N2O2. The van der Waals surface area contributed by atoms with E-state index in [0.717, 1.165) is 29.3 Å². The number of rotatable bonds is 7. The lowest BCUT2D eigenvalue weighted by Gasteiger charge is -2.08. The second kappa shape index (κ2) is 7.96. The molecule has 3 aromatic carbocycles. The molecule has 0 aliphatic heterocycles. The minimum atomic E-state index is -0.0974. The number of hydrogen-bond acceptors (Lipinski definition) is 2. The van der Waals surface area contributed by atoms with E-state index in [1.54, 1.807) is 0 Å². The predicted molar refractivity (Wildman–Crippen MR) is 109 cm³/mol. The zero-order valence-electron chi connectivity index (χ0n) is 15.1. The molecule has 136 valence electrons. The van der Waals surface area contributed by atoms with Crippen LogP contribution in [0.4, 0.5) is 0 Å². The van der Waals surface area contributed by atoms with Crippen molar-refractivity contribution in [3.63, 3.8) is 0 Å². The minimum Gasteiger partial charge on any atom is -0.484 e. The van der Waals surface area contributed by atoms with Crippen LogP contribution in [0.1, 0.15) is 12.0 Å². The van der Waals surface area contributed by atoms with Gasteiger partial charge in [0.2, 0.25) is 0 Å². The lowest BCUT2D eigenvalue weighted by molar-refractivity contribution is -0.123. The molecule has 4 rings (SSSR count). The van der Waals surface area contributed by atoms with Gasteiger partial charge in [-0.25, -0.2) is 0 Å². The SMILES string of the molecule is O=C(COc1ccc2c(c1)[nH]c1ccccc12)NCCCc1ccccc1. The van der Waals surface area contributed by atoms with Gasteiger partial charge in [-0.05, 0) is 36.6 Å². The number of amides is 1. The van der Waals surface area contributed by atoms with Gasteiger partial charge in [0.1, 0.15) is 5.75 Å². The molecule has 0 aliphatic rings. The van der Waals surface area contributed by atoms with Crippen molar-refractivity contribution in [3.8, 4) is 5.75 Å². The first-order valence-corrected chi connectivity index (χ1v) is 9.23. The zero-order chi connectivity index (χ0) is 18.5. The van der Waals surface area contributed by atoms with Crippen molar-refractivity contribution in [2.24, 2.45) is 0 Å². The lowest BCUT2D eigenvalue weighted by atomic mass is 10.1. The Morgan fingerprint density at radius 1 is 0.889 bits per heavy atom. The molecule has 0 radical (unpaired) electrons. The van der Waals surface area contributed by atoms with E-state index in [-0.39, 0.29) is 12.5 Å². The van der Waals surface area contributed by atoms with Gasteiger partial charge < -0.3 is 15.0 Å². The highest BCUT2D eigenvalue weighted by Crippen LogP contribution is 2.28. The molecule has 1 amide bonds. The molecule has 0 saturated heterocycles. The molecule has 2 N–H and O–H groups in total. The topological polar surface area (TPSA) is 54.1 Å². The fraction of sp³-hybridized carbons (Fsp3) is 0.174. The van der Waals surface area contributed by atoms with Gasteiger partial charge in [-0.15, -0.1) is 0 Å². The number of para-hydroxylation sites is 1. The predicted octanol–water partition coefficient (Wildman–Crippen LogP) is 4.45. The van der Waals surface area contributed by atoms with Crippen LogP contribution < -0.4 is 10.1 Å². The standard InChI is InChI=1S/C23H22N2O2/c26-23(24-14-6-9-17-7-2-1-3-8-17)16-27-18-12-13-20-19-10-4-5-11-21(19)25-22(20)15-18/h1-5,7-8,10-13,15,25H,6,9,14,16H2,(H,24,26). The van der Waals surface area contributed by atoms with Gasteiger partial charge in [0, 0.05) is 28.9 Å². The first-order valence-electron chi connectivity index (χ1n) is 9.23. The zero-order valence-corrected chi connectivity index (χ0v) is 15.1. The number of aryl methyl sites for hydroxylation is 1. The highest BCUT2D eigenvalue weighted by Gasteiger charge is 2.06. The molecule has 0 bridgehead atoms. The van der Waals surface area contributed by atoms with E-state index >= 15 is 0 Å². The molecule has 0 aliphatic carbocycles. The van der Waals surface area contributed by atoms with Crippen LogP contribution in [0.2, 0.25) is 0 Å². The minimum absolute atomic E-state index is 0.0249. The van der Waals surface area contributed by atoms with Crippen molar-refractivity contribution in [2.75, 3.05) is 13.2 Å². The Bertz CT molecular complexity index is 1050. The van der Waals surface area contributed by atoms with Crippen LogP contribution in [0.25, 0.3) is 21.8 Å². The number of nitrogens with one attached hydrogen (secondary N) is 2. The van der Waals surface area contributed by atoms with Gasteiger partial charge >= 0.3 is 0 Å². The normalized spacial score (nSPS) is 11.0. The van der Waals surface area contributed by atoms with Crippen molar-refractivity contribution < 1.29 is 9.53 Å². The highest BCUT2D eigenvalue weighted by atomic mass is 16.5. The van der Waals surface area contributed by atoms with Gasteiger partial charge in [-0.2, -0.15) is 0 Å². The van der Waals surface area contributed by atoms with Gasteiger partial charge in [-0.1, -0.05) is 48.5 Å². The first kappa shape index (κ1) is 17.2. The van der Waals surface area contributed by atoms with Crippen molar-refractivity contribution in [2.45, 2.75) is 12.8 Å². The van der Waals surface area contributed by atoms with Crippen LogP contribution in [0.3, 0.4) is 0 Å². The first-order chi connectivity index (χ1) is 13.3. The van der Waals surface area contributed by atoms with Gasteiger partial charge in [0.15, 0.2) is 6.61 Å². The van der Waals surface area contributed by atoms with Crippen LogP contribution >= 0.6 is 0 Å². The molecule has 1 aromatic heterocycles. The summed E-state index contributed by atoms with van der Waals surface area (Å²) in [6.07, 6.45) is 1.87. The maximum absolute atomic E-state index is 12.0. The quantitative estimate of drug-likeness (QED) is 0.480. The molecule has 0 spiro atoms. The van der Waals surface area contributed by atoms with Crippen LogP contribution in [-0.2, 0) is 11.2 Å². The fourth-order valence-corrected chi connectivity index (χ4v) is 3.29. The fourth-order valence-electron chi connectivity index (χ4n) is 3.29. The summed E-state index contributed by atoms with van der Waals surface area (Å²) in [5, 5.41) is 5.26. The number of aromatic amines is 1. The summed E-state index contributed by atoms with van der Waals surface area (Å²) in [6.45, 7) is 0.676. The molecule has 0 fully saturated rings. The summed E-state index contributed by atoms with van der Waals surface area (Å²) >= 11 is 0. The van der Waals surface area contributed by atoms with Crippen molar-refractivity contribution >= 4 is 27.7 Å². The van der Waals surface area contributed by atoms with Gasteiger partial charge in [-0.3, -0.25) is 4.79 Å². The van der Waals surface area contributed by atoms with Gasteiger partial charge in [0.25, 0.3) is 5.91 Å². The Labute approximate surface area is 158 Å². The number of carbonyl (C=O) groups excluding carboxylic acids is 1. The number of fused-ring (bicyclic) bond motifs is 3. The highest BCUT2D eigenvalue weighted by molar-refractivity contribution is 6.07. The maximum Gasteiger partial charge on any atom is 0.257 e. The van der Waals surface area contributed by atoms with Crippen molar-refractivity contribution in [1.82, 2.24) is 10.3 Å². The lowest BCUT2D eigenvalue weighted by Crippen LogP contribution is -2.29. The molecule has 1 heterocycles. The summed E-state index contributed by atoms with van der Waals surface area (Å²) in [4.78, 5) is 15.4. The van der Waals surface area contributed by atoms with Crippen LogP contribution in [0, 0.1) is 0 Å². The summed E-state index contributed by atoms with van der Waals surface area (Å²) in [6, 6.07) is 24.4. The third-order valence-electron chi connectivity index (χ3n) is 4.65. The maximum atomic E-state index is 12.0. The third-order valence-corrected chi connectivity index (χ3v) is 4.65. The third kappa shape index (κ3) is 4.11. The molecule has 4 nitrogen and oxygen atoms in total. The van der Waals surface area contributed by atoms with Crippen molar-refractivity contribution in [3.05, 3.63) is 78.4 Å². The Morgan fingerprint density at radius 2 is 1.67 bits per heavy atom.